The van der Waals surface area contributed by atoms with Gasteiger partial charge in [-0.3, -0.25) is 4.99 Å². The number of nitrogens with one attached hydrogen (secondary N) is 2. The zero-order valence-corrected chi connectivity index (χ0v) is 15.2. The molecule has 114 valence electrons. The molecule has 0 saturated carbocycles. The van der Waals surface area contributed by atoms with Crippen molar-refractivity contribution >= 4 is 29.9 Å². The molecule has 0 aliphatic carbocycles. The summed E-state index contributed by atoms with van der Waals surface area (Å²) in [6.45, 7) is 8.22. The summed E-state index contributed by atoms with van der Waals surface area (Å²) in [5, 5.41) is 6.69. The van der Waals surface area contributed by atoms with E-state index in [4.69, 9.17) is 0 Å². The number of hydrogen-bond donors (Lipinski definition) is 2. The molecule has 0 bridgehead atoms. The van der Waals surface area contributed by atoms with Gasteiger partial charge in [-0.05, 0) is 38.7 Å². The van der Waals surface area contributed by atoms with E-state index in [-0.39, 0.29) is 24.0 Å². The second-order valence-corrected chi connectivity index (χ2v) is 4.80. The predicted molar refractivity (Wildman–Crippen MR) is 99.0 cm³/mol. The molecule has 0 heterocycles. The molecule has 0 fully saturated rings. The molecule has 1 unspecified atom stereocenters. The summed E-state index contributed by atoms with van der Waals surface area (Å²) in [5.41, 5.74) is 1.39. The van der Waals surface area contributed by atoms with E-state index >= 15 is 0 Å². The third-order valence-corrected chi connectivity index (χ3v) is 3.08. The molecule has 0 saturated heterocycles. The average molecular weight is 389 g/mol. The smallest absolute Gasteiger partial charge is 0.191 e. The Morgan fingerprint density at radius 3 is 2.50 bits per heavy atom. The Morgan fingerprint density at radius 2 is 1.90 bits per heavy atom. The van der Waals surface area contributed by atoms with Crippen LogP contribution >= 0.6 is 24.0 Å². The van der Waals surface area contributed by atoms with Crippen molar-refractivity contribution in [2.45, 2.75) is 46.1 Å². The molecular formula is C16H28IN3. The first-order valence-electron chi connectivity index (χ1n) is 7.35. The highest BCUT2D eigenvalue weighted by Gasteiger charge is 2.01. The Morgan fingerprint density at radius 1 is 1.20 bits per heavy atom. The van der Waals surface area contributed by atoms with Gasteiger partial charge in [0.25, 0.3) is 0 Å². The van der Waals surface area contributed by atoms with Crippen molar-refractivity contribution in [1.29, 1.82) is 0 Å². The number of guanidine groups is 1. The minimum Gasteiger partial charge on any atom is -0.357 e. The van der Waals surface area contributed by atoms with E-state index in [1.807, 2.05) is 0 Å². The first-order valence-corrected chi connectivity index (χ1v) is 7.35. The molecule has 3 nitrogen and oxygen atoms in total. The van der Waals surface area contributed by atoms with Crippen molar-refractivity contribution < 1.29 is 0 Å². The lowest BCUT2D eigenvalue weighted by atomic mass is 10.1. The van der Waals surface area contributed by atoms with E-state index in [1.165, 1.54) is 5.56 Å². The van der Waals surface area contributed by atoms with E-state index in [1.54, 1.807) is 0 Å². The Labute approximate surface area is 140 Å². The third-order valence-electron chi connectivity index (χ3n) is 3.08. The zero-order chi connectivity index (χ0) is 13.9. The van der Waals surface area contributed by atoms with E-state index in [0.29, 0.717) is 6.04 Å². The number of hydrogen-bond acceptors (Lipinski definition) is 1. The minimum atomic E-state index is 0. The molecule has 0 aliphatic heterocycles. The molecule has 1 rings (SSSR count). The predicted octanol–water partition coefficient (Wildman–Crippen LogP) is 3.59. The van der Waals surface area contributed by atoms with Crippen LogP contribution in [-0.2, 0) is 6.42 Å². The fraction of sp³-hybridized carbons (Fsp3) is 0.562. The van der Waals surface area contributed by atoms with Crippen LogP contribution in [0.25, 0.3) is 0 Å². The molecule has 4 heteroatoms. The Hall–Kier alpha value is -0.780. The molecule has 1 atom stereocenters. The third kappa shape index (κ3) is 8.40. The van der Waals surface area contributed by atoms with Crippen LogP contribution in [0.2, 0.25) is 0 Å². The Balaban J connectivity index is 0.00000361. The van der Waals surface area contributed by atoms with Gasteiger partial charge in [0.1, 0.15) is 0 Å². The quantitative estimate of drug-likeness (QED) is 0.324. The normalized spacial score (nSPS) is 12.4. The van der Waals surface area contributed by atoms with Gasteiger partial charge in [-0.15, -0.1) is 24.0 Å². The van der Waals surface area contributed by atoms with E-state index in [9.17, 15) is 0 Å². The van der Waals surface area contributed by atoms with Gasteiger partial charge in [0.05, 0.1) is 0 Å². The molecule has 0 amide bonds. The van der Waals surface area contributed by atoms with Gasteiger partial charge < -0.3 is 10.6 Å². The van der Waals surface area contributed by atoms with Crippen molar-refractivity contribution in [2.75, 3.05) is 13.1 Å². The van der Waals surface area contributed by atoms with Crippen molar-refractivity contribution in [2.24, 2.45) is 4.99 Å². The second-order valence-electron chi connectivity index (χ2n) is 4.80. The van der Waals surface area contributed by atoms with Gasteiger partial charge in [-0.1, -0.05) is 37.3 Å². The number of benzene rings is 1. The molecule has 0 radical (unpaired) electrons. The summed E-state index contributed by atoms with van der Waals surface area (Å²) in [5.74, 6) is 0.935. The highest BCUT2D eigenvalue weighted by atomic mass is 127. The van der Waals surface area contributed by atoms with Gasteiger partial charge in [0.2, 0.25) is 0 Å². The molecule has 20 heavy (non-hydrogen) atoms. The van der Waals surface area contributed by atoms with Crippen LogP contribution in [0.5, 0.6) is 0 Å². The SMILES string of the molecule is CCNC(=NCCCc1ccccc1)NC(C)CC.I. The summed E-state index contributed by atoms with van der Waals surface area (Å²) in [6, 6.07) is 11.0. The van der Waals surface area contributed by atoms with Crippen molar-refractivity contribution in [3.63, 3.8) is 0 Å². The number of aliphatic imine (C=N–C) groups is 1. The largest absolute Gasteiger partial charge is 0.357 e. The average Bonchev–Trinajstić information content (AvgIpc) is 2.44. The van der Waals surface area contributed by atoms with Crippen LogP contribution in [0.3, 0.4) is 0 Å². The molecule has 0 aromatic heterocycles. The van der Waals surface area contributed by atoms with E-state index in [0.717, 1.165) is 38.3 Å². The van der Waals surface area contributed by atoms with E-state index < -0.39 is 0 Å². The number of rotatable bonds is 7. The summed E-state index contributed by atoms with van der Waals surface area (Å²) in [6.07, 6.45) is 3.28. The molecule has 1 aromatic rings. The van der Waals surface area contributed by atoms with Gasteiger partial charge in [-0.2, -0.15) is 0 Å². The Kier molecular flexibility index (Phi) is 11.5. The summed E-state index contributed by atoms with van der Waals surface area (Å²) < 4.78 is 0. The second kappa shape index (κ2) is 12.0. The summed E-state index contributed by atoms with van der Waals surface area (Å²) in [7, 11) is 0. The molecule has 2 N–H and O–H groups in total. The first kappa shape index (κ1) is 19.2. The highest BCUT2D eigenvalue weighted by molar-refractivity contribution is 14.0. The van der Waals surface area contributed by atoms with Crippen molar-refractivity contribution in [1.82, 2.24) is 10.6 Å². The van der Waals surface area contributed by atoms with Crippen LogP contribution in [0, 0.1) is 0 Å². The van der Waals surface area contributed by atoms with Crippen LogP contribution in [-0.4, -0.2) is 25.1 Å². The fourth-order valence-electron chi connectivity index (χ4n) is 1.77. The van der Waals surface area contributed by atoms with Crippen LogP contribution in [0.1, 0.15) is 39.2 Å². The van der Waals surface area contributed by atoms with Gasteiger partial charge in [0, 0.05) is 19.1 Å². The van der Waals surface area contributed by atoms with E-state index in [2.05, 4.69) is 66.7 Å². The Bertz CT molecular complexity index is 365. The maximum atomic E-state index is 4.61. The standard InChI is InChI=1S/C16H27N3.HI/c1-4-14(3)19-16(17-5-2)18-13-9-12-15-10-7-6-8-11-15;/h6-8,10-11,14H,4-5,9,12-13H2,1-3H3,(H2,17,18,19);1H. The van der Waals surface area contributed by atoms with Crippen molar-refractivity contribution in [3.8, 4) is 0 Å². The first-order chi connectivity index (χ1) is 9.26. The lowest BCUT2D eigenvalue weighted by Crippen LogP contribution is -2.42. The van der Waals surface area contributed by atoms with Crippen LogP contribution in [0.4, 0.5) is 0 Å². The van der Waals surface area contributed by atoms with Crippen LogP contribution in [0.15, 0.2) is 35.3 Å². The maximum Gasteiger partial charge on any atom is 0.191 e. The fourth-order valence-corrected chi connectivity index (χ4v) is 1.77. The molecule has 1 aromatic carbocycles. The maximum absolute atomic E-state index is 4.61. The topological polar surface area (TPSA) is 36.4 Å². The van der Waals surface area contributed by atoms with Crippen molar-refractivity contribution in [3.05, 3.63) is 35.9 Å². The highest BCUT2D eigenvalue weighted by Crippen LogP contribution is 2.02. The van der Waals surface area contributed by atoms with Gasteiger partial charge in [-0.25, -0.2) is 0 Å². The monoisotopic (exact) mass is 389 g/mol. The van der Waals surface area contributed by atoms with Gasteiger partial charge >= 0.3 is 0 Å². The molecular weight excluding hydrogens is 361 g/mol. The number of aryl methyl sites for hydroxylation is 1. The zero-order valence-electron chi connectivity index (χ0n) is 12.9. The number of nitrogens with zero attached hydrogens (tertiary/aromatic N) is 1. The van der Waals surface area contributed by atoms with Crippen LogP contribution < -0.4 is 10.6 Å². The lowest BCUT2D eigenvalue weighted by Gasteiger charge is -2.16. The number of halogens is 1. The minimum absolute atomic E-state index is 0. The van der Waals surface area contributed by atoms with Gasteiger partial charge in [0.15, 0.2) is 5.96 Å². The molecule has 0 spiro atoms. The molecule has 0 aliphatic rings. The summed E-state index contributed by atoms with van der Waals surface area (Å²) in [4.78, 5) is 4.61. The lowest BCUT2D eigenvalue weighted by molar-refractivity contribution is 0.623. The summed E-state index contributed by atoms with van der Waals surface area (Å²) >= 11 is 0.